The Morgan fingerprint density at radius 2 is 2.26 bits per heavy atom. The smallest absolute Gasteiger partial charge is 0.369 e. The Morgan fingerprint density at radius 1 is 1.58 bits per heavy atom. The summed E-state index contributed by atoms with van der Waals surface area (Å²) in [6.45, 7) is 1.69. The van der Waals surface area contributed by atoms with Gasteiger partial charge in [-0.05, 0) is 13.0 Å². The van der Waals surface area contributed by atoms with Crippen molar-refractivity contribution in [2.24, 2.45) is 5.10 Å². The van der Waals surface area contributed by atoms with Crippen molar-refractivity contribution in [3.05, 3.63) is 34.4 Å². The van der Waals surface area contributed by atoms with E-state index in [0.29, 0.717) is 0 Å². The highest BCUT2D eigenvalue weighted by Gasteiger charge is 2.15. The number of rotatable bonds is 5. The van der Waals surface area contributed by atoms with Gasteiger partial charge in [0.15, 0.2) is 0 Å². The molecule has 1 aromatic rings. The molecular formula is C11H10N4O4. The van der Waals surface area contributed by atoms with Gasteiger partial charge in [-0.25, -0.2) is 4.79 Å². The minimum absolute atomic E-state index is 0.0737. The van der Waals surface area contributed by atoms with Crippen LogP contribution in [0.4, 0.5) is 11.4 Å². The van der Waals surface area contributed by atoms with Crippen LogP contribution in [0.15, 0.2) is 29.4 Å². The van der Waals surface area contributed by atoms with Gasteiger partial charge in [-0.3, -0.25) is 15.5 Å². The monoisotopic (exact) mass is 262 g/mol. The zero-order valence-corrected chi connectivity index (χ0v) is 9.99. The van der Waals surface area contributed by atoms with E-state index in [1.165, 1.54) is 18.2 Å². The maximum absolute atomic E-state index is 11.3. The molecule has 0 amide bonds. The van der Waals surface area contributed by atoms with Crippen molar-refractivity contribution >= 4 is 23.1 Å². The fourth-order valence-corrected chi connectivity index (χ4v) is 1.16. The summed E-state index contributed by atoms with van der Waals surface area (Å²) in [7, 11) is 0. The quantitative estimate of drug-likeness (QED) is 0.371. The molecule has 0 bridgehead atoms. The molecule has 0 unspecified atom stereocenters. The number of carbonyl (C=O) groups is 1. The molecule has 8 heteroatoms. The van der Waals surface area contributed by atoms with Crippen LogP contribution in [0.1, 0.15) is 6.92 Å². The molecule has 0 aromatic heterocycles. The molecule has 1 aromatic carbocycles. The minimum atomic E-state index is -0.893. The number of esters is 1. The third-order valence-electron chi connectivity index (χ3n) is 1.96. The summed E-state index contributed by atoms with van der Waals surface area (Å²) in [6, 6.07) is 7.27. The Labute approximate surface area is 108 Å². The second-order valence-corrected chi connectivity index (χ2v) is 3.18. The number of benzene rings is 1. The molecule has 8 nitrogen and oxygen atoms in total. The summed E-state index contributed by atoms with van der Waals surface area (Å²) in [6.07, 6.45) is 0. The van der Waals surface area contributed by atoms with Crippen LogP contribution >= 0.6 is 0 Å². The number of hydrogen-bond acceptors (Lipinski definition) is 7. The number of para-hydroxylation sites is 2. The zero-order valence-electron chi connectivity index (χ0n) is 9.99. The van der Waals surface area contributed by atoms with Crippen LogP contribution < -0.4 is 5.43 Å². The summed E-state index contributed by atoms with van der Waals surface area (Å²) >= 11 is 0. The molecule has 0 aliphatic carbocycles. The van der Waals surface area contributed by atoms with Gasteiger partial charge in [0.2, 0.25) is 5.71 Å². The topological polar surface area (TPSA) is 118 Å². The zero-order chi connectivity index (χ0) is 14.3. The maximum Gasteiger partial charge on any atom is 0.369 e. The van der Waals surface area contributed by atoms with Crippen molar-refractivity contribution in [2.45, 2.75) is 6.92 Å². The second-order valence-electron chi connectivity index (χ2n) is 3.18. The van der Waals surface area contributed by atoms with Crippen LogP contribution in [-0.2, 0) is 9.53 Å². The molecule has 0 aliphatic heterocycles. The van der Waals surface area contributed by atoms with Crippen molar-refractivity contribution in [3.8, 4) is 6.07 Å². The largest absolute Gasteiger partial charge is 0.461 e. The minimum Gasteiger partial charge on any atom is -0.461 e. The van der Waals surface area contributed by atoms with Gasteiger partial charge in [0, 0.05) is 6.07 Å². The number of nitrogens with one attached hydrogen (secondary N) is 1. The van der Waals surface area contributed by atoms with Crippen molar-refractivity contribution in [2.75, 3.05) is 12.0 Å². The normalized spacial score (nSPS) is 10.4. The number of hydrogen-bond donors (Lipinski definition) is 1. The SMILES string of the molecule is CCOC(=O)C(C#N)=NNc1ccccc1[N+](=O)[O-]. The molecule has 1 N–H and O–H groups in total. The summed E-state index contributed by atoms with van der Waals surface area (Å²) in [5.74, 6) is -0.893. The van der Waals surface area contributed by atoms with E-state index in [2.05, 4.69) is 15.3 Å². The molecule has 0 heterocycles. The van der Waals surface area contributed by atoms with Crippen LogP contribution in [0.5, 0.6) is 0 Å². The van der Waals surface area contributed by atoms with Gasteiger partial charge in [-0.15, -0.1) is 0 Å². The molecular weight excluding hydrogens is 252 g/mol. The van der Waals surface area contributed by atoms with E-state index in [9.17, 15) is 14.9 Å². The molecule has 0 saturated carbocycles. The number of anilines is 1. The molecule has 98 valence electrons. The lowest BCUT2D eigenvalue weighted by molar-refractivity contribution is -0.384. The van der Waals surface area contributed by atoms with Crippen molar-refractivity contribution in [3.63, 3.8) is 0 Å². The number of carbonyl (C=O) groups excluding carboxylic acids is 1. The predicted octanol–water partition coefficient (Wildman–Crippen LogP) is 1.45. The van der Waals surface area contributed by atoms with Gasteiger partial charge in [-0.2, -0.15) is 10.4 Å². The molecule has 0 spiro atoms. The lowest BCUT2D eigenvalue weighted by Crippen LogP contribution is -2.17. The lowest BCUT2D eigenvalue weighted by atomic mass is 10.3. The first-order valence-corrected chi connectivity index (χ1v) is 5.24. The summed E-state index contributed by atoms with van der Waals surface area (Å²) in [5.41, 5.74) is 1.65. The summed E-state index contributed by atoms with van der Waals surface area (Å²) < 4.78 is 4.59. The van der Waals surface area contributed by atoms with E-state index in [1.54, 1.807) is 19.1 Å². The van der Waals surface area contributed by atoms with E-state index in [-0.39, 0.29) is 18.0 Å². The van der Waals surface area contributed by atoms with Crippen LogP contribution in [0.2, 0.25) is 0 Å². The van der Waals surface area contributed by atoms with Crippen LogP contribution in [0.3, 0.4) is 0 Å². The van der Waals surface area contributed by atoms with E-state index in [1.807, 2.05) is 0 Å². The number of nitrogens with zero attached hydrogens (tertiary/aromatic N) is 3. The Morgan fingerprint density at radius 3 is 2.84 bits per heavy atom. The van der Waals surface area contributed by atoms with E-state index < -0.39 is 16.6 Å². The molecule has 0 fully saturated rings. The van der Waals surface area contributed by atoms with Gasteiger partial charge in [0.1, 0.15) is 11.8 Å². The van der Waals surface area contributed by atoms with Crippen LogP contribution in [-0.4, -0.2) is 23.2 Å². The van der Waals surface area contributed by atoms with Crippen LogP contribution in [0.25, 0.3) is 0 Å². The first-order valence-electron chi connectivity index (χ1n) is 5.24. The Bertz CT molecular complexity index is 562. The van der Waals surface area contributed by atoms with Gasteiger partial charge in [0.05, 0.1) is 11.5 Å². The highest BCUT2D eigenvalue weighted by molar-refractivity contribution is 6.43. The predicted molar refractivity (Wildman–Crippen MR) is 66.4 cm³/mol. The fourth-order valence-electron chi connectivity index (χ4n) is 1.16. The van der Waals surface area contributed by atoms with E-state index in [0.717, 1.165) is 0 Å². The standard InChI is InChI=1S/C11H10N4O4/c1-2-19-11(16)9(7-12)14-13-8-5-3-4-6-10(8)15(17)18/h3-6,13H,2H2,1H3. The van der Waals surface area contributed by atoms with Crippen molar-refractivity contribution < 1.29 is 14.5 Å². The average molecular weight is 262 g/mol. The maximum atomic E-state index is 11.3. The summed E-state index contributed by atoms with van der Waals surface area (Å²) in [5, 5.41) is 23.0. The number of nitro benzene ring substituents is 1. The Kier molecular flexibility index (Phi) is 4.98. The average Bonchev–Trinajstić information content (AvgIpc) is 2.40. The van der Waals surface area contributed by atoms with E-state index >= 15 is 0 Å². The highest BCUT2D eigenvalue weighted by atomic mass is 16.6. The molecule has 19 heavy (non-hydrogen) atoms. The van der Waals surface area contributed by atoms with Gasteiger partial charge in [-0.1, -0.05) is 12.1 Å². The second kappa shape index (κ2) is 6.70. The Balaban J connectivity index is 2.94. The van der Waals surface area contributed by atoms with Crippen molar-refractivity contribution in [1.82, 2.24) is 0 Å². The number of nitriles is 1. The fraction of sp³-hybridized carbons (Fsp3) is 0.182. The molecule has 0 saturated heterocycles. The third-order valence-corrected chi connectivity index (χ3v) is 1.96. The lowest BCUT2D eigenvalue weighted by Gasteiger charge is -2.02. The van der Waals surface area contributed by atoms with Gasteiger partial charge >= 0.3 is 5.97 Å². The van der Waals surface area contributed by atoms with Crippen LogP contribution in [0, 0.1) is 21.4 Å². The first kappa shape index (κ1) is 14.1. The molecule has 0 aliphatic rings. The van der Waals surface area contributed by atoms with E-state index in [4.69, 9.17) is 5.26 Å². The van der Waals surface area contributed by atoms with Crippen molar-refractivity contribution in [1.29, 1.82) is 5.26 Å². The first-order chi connectivity index (χ1) is 9.10. The molecule has 0 radical (unpaired) electrons. The number of nitro groups is 1. The van der Waals surface area contributed by atoms with Gasteiger partial charge < -0.3 is 4.74 Å². The number of hydrazone groups is 1. The molecule has 1 rings (SSSR count). The van der Waals surface area contributed by atoms with Gasteiger partial charge in [0.25, 0.3) is 5.69 Å². The number of ether oxygens (including phenoxy) is 1. The Hall–Kier alpha value is -2.95. The third kappa shape index (κ3) is 3.78. The summed E-state index contributed by atoms with van der Waals surface area (Å²) in [4.78, 5) is 21.4. The molecule has 0 atom stereocenters. The highest BCUT2D eigenvalue weighted by Crippen LogP contribution is 2.22.